The van der Waals surface area contributed by atoms with E-state index in [4.69, 9.17) is 0 Å². The first-order valence-electron chi connectivity index (χ1n) is 4.77. The zero-order chi connectivity index (χ0) is 10.5. The zero-order valence-corrected chi connectivity index (χ0v) is 9.27. The second kappa shape index (κ2) is 5.00. The van der Waals surface area contributed by atoms with Gasteiger partial charge in [-0.15, -0.1) is 0 Å². The Morgan fingerprint density at radius 1 is 1.31 bits per heavy atom. The minimum absolute atomic E-state index is 0.0395. The van der Waals surface area contributed by atoms with Crippen LogP contribution in [0.3, 0.4) is 0 Å². The summed E-state index contributed by atoms with van der Waals surface area (Å²) in [4.78, 5) is 15.5. The third-order valence-electron chi connectivity index (χ3n) is 1.75. The van der Waals surface area contributed by atoms with Crippen molar-refractivity contribution < 1.29 is 4.79 Å². The van der Waals surface area contributed by atoms with Crippen LogP contribution in [0.4, 0.5) is 0 Å². The Bertz CT molecular complexity index is 207. The fraction of sp³-hybridized carbons (Fsp3) is 0.800. The average molecular weight is 184 g/mol. The van der Waals surface area contributed by atoms with Gasteiger partial charge in [0.05, 0.1) is 0 Å². The summed E-state index contributed by atoms with van der Waals surface area (Å²) in [5.74, 6) is 0.0395. The van der Waals surface area contributed by atoms with Crippen LogP contribution in [0.25, 0.3) is 0 Å². The summed E-state index contributed by atoms with van der Waals surface area (Å²) in [5.41, 5.74) is 0.592. The molecule has 0 rings (SSSR count). The molecule has 0 aromatic heterocycles. The molecule has 0 unspecified atom stereocenters. The van der Waals surface area contributed by atoms with Gasteiger partial charge in [-0.3, -0.25) is 9.79 Å². The second-order valence-corrected chi connectivity index (χ2v) is 3.66. The monoisotopic (exact) mass is 184 g/mol. The third-order valence-corrected chi connectivity index (χ3v) is 1.75. The number of carbonyl (C=O) groups excluding carboxylic acids is 1. The lowest BCUT2D eigenvalue weighted by Gasteiger charge is -2.22. The molecule has 1 amide bonds. The maximum atomic E-state index is 11.1. The molecule has 0 aromatic rings. The van der Waals surface area contributed by atoms with Gasteiger partial charge in [0.15, 0.2) is 0 Å². The molecule has 76 valence electrons. The Hall–Kier alpha value is -0.860. The van der Waals surface area contributed by atoms with E-state index in [9.17, 15) is 4.79 Å². The predicted octanol–water partition coefficient (Wildman–Crippen LogP) is 2.12. The van der Waals surface area contributed by atoms with E-state index in [1.807, 2.05) is 27.7 Å². The molecule has 3 heteroatoms. The minimum Gasteiger partial charge on any atom is -0.332 e. The molecular formula is C10H20N2O. The Morgan fingerprint density at radius 2 is 1.85 bits per heavy atom. The highest BCUT2D eigenvalue weighted by Gasteiger charge is 2.17. The molecule has 0 aliphatic heterocycles. The average Bonchev–Trinajstić information content (AvgIpc) is 2.02. The topological polar surface area (TPSA) is 41.5 Å². The van der Waals surface area contributed by atoms with E-state index in [0.29, 0.717) is 6.42 Å². The van der Waals surface area contributed by atoms with Crippen molar-refractivity contribution in [1.29, 1.82) is 0 Å². The second-order valence-electron chi connectivity index (χ2n) is 3.66. The number of hydrogen-bond donors (Lipinski definition) is 1. The van der Waals surface area contributed by atoms with E-state index in [1.54, 1.807) is 0 Å². The van der Waals surface area contributed by atoms with Crippen LogP contribution < -0.4 is 5.32 Å². The van der Waals surface area contributed by atoms with Gasteiger partial charge >= 0.3 is 0 Å². The van der Waals surface area contributed by atoms with E-state index < -0.39 is 5.66 Å². The molecule has 0 saturated carbocycles. The van der Waals surface area contributed by atoms with Crippen molar-refractivity contribution in [2.45, 2.75) is 53.1 Å². The summed E-state index contributed by atoms with van der Waals surface area (Å²) in [6.07, 6.45) is 1.43. The summed E-state index contributed by atoms with van der Waals surface area (Å²) in [5, 5.41) is 2.84. The van der Waals surface area contributed by atoms with Gasteiger partial charge in [-0.1, -0.05) is 13.8 Å². The van der Waals surface area contributed by atoms with Crippen molar-refractivity contribution >= 4 is 11.6 Å². The van der Waals surface area contributed by atoms with Crippen molar-refractivity contribution in [3.8, 4) is 0 Å². The molecule has 0 aromatic carbocycles. The van der Waals surface area contributed by atoms with E-state index in [-0.39, 0.29) is 5.91 Å². The number of hydrogen-bond acceptors (Lipinski definition) is 2. The van der Waals surface area contributed by atoms with Crippen LogP contribution in [0.2, 0.25) is 0 Å². The number of amides is 1. The zero-order valence-electron chi connectivity index (χ0n) is 9.27. The Morgan fingerprint density at radius 3 is 2.23 bits per heavy atom. The maximum Gasteiger partial charge on any atom is 0.221 e. The van der Waals surface area contributed by atoms with Crippen LogP contribution in [-0.4, -0.2) is 17.3 Å². The van der Waals surface area contributed by atoms with Crippen molar-refractivity contribution in [3.63, 3.8) is 0 Å². The Kier molecular flexibility index (Phi) is 4.67. The van der Waals surface area contributed by atoms with Crippen LogP contribution in [0, 0.1) is 0 Å². The Balaban J connectivity index is 4.31. The molecular weight excluding hydrogens is 164 g/mol. The number of carbonyl (C=O) groups is 1. The van der Waals surface area contributed by atoms with Crippen LogP contribution in [0.15, 0.2) is 4.99 Å². The first kappa shape index (κ1) is 12.1. The molecule has 13 heavy (non-hydrogen) atoms. The first-order valence-corrected chi connectivity index (χ1v) is 4.77. The van der Waals surface area contributed by atoms with Crippen LogP contribution in [0.5, 0.6) is 0 Å². The first-order chi connectivity index (χ1) is 5.91. The van der Waals surface area contributed by atoms with E-state index in [0.717, 1.165) is 12.1 Å². The number of nitrogens with one attached hydrogen (secondary N) is 1. The van der Waals surface area contributed by atoms with Gasteiger partial charge in [0.25, 0.3) is 0 Å². The largest absolute Gasteiger partial charge is 0.332 e. The fourth-order valence-electron chi connectivity index (χ4n) is 1.01. The predicted molar refractivity (Wildman–Crippen MR) is 55.9 cm³/mol. The SMILES string of the molecule is CCC(=O)NC(C)(C)/N=C(\C)CC. The van der Waals surface area contributed by atoms with Gasteiger partial charge in [-0.25, -0.2) is 0 Å². The maximum absolute atomic E-state index is 11.1. The van der Waals surface area contributed by atoms with Crippen LogP contribution >= 0.6 is 0 Å². The van der Waals surface area contributed by atoms with Crippen LogP contribution in [0.1, 0.15) is 47.5 Å². The molecule has 1 N–H and O–H groups in total. The lowest BCUT2D eigenvalue weighted by atomic mass is 10.2. The summed E-state index contributed by atoms with van der Waals surface area (Å²) >= 11 is 0. The van der Waals surface area contributed by atoms with E-state index in [1.165, 1.54) is 0 Å². The van der Waals surface area contributed by atoms with Gasteiger partial charge in [-0.2, -0.15) is 0 Å². The van der Waals surface area contributed by atoms with Gasteiger partial charge in [-0.05, 0) is 27.2 Å². The summed E-state index contributed by atoms with van der Waals surface area (Å²) in [7, 11) is 0. The summed E-state index contributed by atoms with van der Waals surface area (Å²) < 4.78 is 0. The fourth-order valence-corrected chi connectivity index (χ4v) is 1.01. The minimum atomic E-state index is -0.465. The van der Waals surface area contributed by atoms with Crippen molar-refractivity contribution in [3.05, 3.63) is 0 Å². The van der Waals surface area contributed by atoms with E-state index >= 15 is 0 Å². The third kappa shape index (κ3) is 5.39. The molecule has 0 radical (unpaired) electrons. The molecule has 3 nitrogen and oxygen atoms in total. The summed E-state index contributed by atoms with van der Waals surface area (Å²) in [6.45, 7) is 9.66. The molecule has 0 fully saturated rings. The van der Waals surface area contributed by atoms with Crippen molar-refractivity contribution in [1.82, 2.24) is 5.32 Å². The lowest BCUT2D eigenvalue weighted by Crippen LogP contribution is -2.42. The molecule has 0 spiro atoms. The lowest BCUT2D eigenvalue weighted by molar-refractivity contribution is -0.122. The highest BCUT2D eigenvalue weighted by Crippen LogP contribution is 2.06. The van der Waals surface area contributed by atoms with Gasteiger partial charge in [0.2, 0.25) is 5.91 Å². The van der Waals surface area contributed by atoms with Crippen LogP contribution in [-0.2, 0) is 4.79 Å². The highest BCUT2D eigenvalue weighted by atomic mass is 16.1. The molecule has 0 bridgehead atoms. The highest BCUT2D eigenvalue weighted by molar-refractivity contribution is 5.82. The normalized spacial score (nSPS) is 12.8. The van der Waals surface area contributed by atoms with Crippen molar-refractivity contribution in [2.24, 2.45) is 4.99 Å². The number of aliphatic imine (C=N–C) groups is 1. The number of nitrogens with zero attached hydrogens (tertiary/aromatic N) is 1. The summed E-state index contributed by atoms with van der Waals surface area (Å²) in [6, 6.07) is 0. The number of rotatable bonds is 4. The molecule has 0 saturated heterocycles. The molecule has 0 aliphatic carbocycles. The quantitative estimate of drug-likeness (QED) is 0.668. The van der Waals surface area contributed by atoms with E-state index in [2.05, 4.69) is 17.2 Å². The molecule has 0 atom stereocenters. The Labute approximate surface area is 80.6 Å². The smallest absolute Gasteiger partial charge is 0.221 e. The van der Waals surface area contributed by atoms with Gasteiger partial charge in [0.1, 0.15) is 5.66 Å². The standard InChI is InChI=1S/C10H20N2O/c1-6-8(3)11-10(4,5)12-9(13)7-2/h6-7H2,1-5H3,(H,12,13)/b11-8+. The van der Waals surface area contributed by atoms with Gasteiger partial charge in [0, 0.05) is 12.1 Å². The molecule has 0 heterocycles. The van der Waals surface area contributed by atoms with Gasteiger partial charge < -0.3 is 5.32 Å². The van der Waals surface area contributed by atoms with Crippen molar-refractivity contribution in [2.75, 3.05) is 0 Å². The molecule has 0 aliphatic rings.